The molecule has 0 N–H and O–H groups in total. The molecule has 0 bridgehead atoms. The second kappa shape index (κ2) is 15.3. The first-order valence-electron chi connectivity index (χ1n) is 11.7. The normalized spacial score (nSPS) is 19.9. The zero-order valence-corrected chi connectivity index (χ0v) is 18.8. The molecule has 1 unspecified atom stereocenters. The monoisotopic (exact) mass is 407 g/mol. The van der Waals surface area contributed by atoms with Crippen LogP contribution in [0.4, 0.5) is 0 Å². The Morgan fingerprint density at radius 1 is 1.14 bits per heavy atom. The summed E-state index contributed by atoms with van der Waals surface area (Å²) in [5.74, 6) is 0.940. The summed E-state index contributed by atoms with van der Waals surface area (Å²) in [5.41, 5.74) is 8.82. The highest BCUT2D eigenvalue weighted by atomic mass is 16.5. The molecule has 1 saturated carbocycles. The van der Waals surface area contributed by atoms with Gasteiger partial charge in [0, 0.05) is 29.7 Å². The molecule has 166 valence electrons. The number of hydrogen-bond donors (Lipinski definition) is 0. The molecule has 0 spiro atoms. The maximum atomic E-state index is 12.3. The Labute approximate surface area is 176 Å². The number of azide groups is 1. The van der Waals surface area contributed by atoms with Crippen LogP contribution in [0.25, 0.3) is 10.4 Å². The number of nitrogens with zero attached hydrogens (tertiary/aromatic N) is 3. The highest BCUT2D eigenvalue weighted by Gasteiger charge is 2.33. The molecular formula is C23H41N3O3. The number of ketones is 1. The van der Waals surface area contributed by atoms with Gasteiger partial charge in [0.25, 0.3) is 0 Å². The van der Waals surface area contributed by atoms with E-state index in [1.165, 1.54) is 12.8 Å². The number of Topliss-reactive ketones (excluding diaryl/α,β-unsaturated/α-hetero) is 1. The molecule has 1 aliphatic rings. The van der Waals surface area contributed by atoms with Gasteiger partial charge >= 0.3 is 5.97 Å². The van der Waals surface area contributed by atoms with Gasteiger partial charge in [0.1, 0.15) is 5.78 Å². The molecule has 0 amide bonds. The summed E-state index contributed by atoms with van der Waals surface area (Å²) in [6.45, 7) is 5.91. The molecule has 29 heavy (non-hydrogen) atoms. The lowest BCUT2D eigenvalue weighted by atomic mass is 9.85. The molecule has 0 heterocycles. The fourth-order valence-electron chi connectivity index (χ4n) is 4.40. The molecule has 1 fully saturated rings. The molecule has 0 radical (unpaired) electrons. The Hall–Kier alpha value is -1.55. The lowest BCUT2D eigenvalue weighted by Crippen LogP contribution is -2.17. The van der Waals surface area contributed by atoms with Crippen molar-refractivity contribution in [3.8, 4) is 0 Å². The topological polar surface area (TPSA) is 92.1 Å². The third kappa shape index (κ3) is 11.3. The highest BCUT2D eigenvalue weighted by molar-refractivity contribution is 5.83. The fraction of sp³-hybridized carbons (Fsp3) is 0.913. The van der Waals surface area contributed by atoms with E-state index >= 15 is 0 Å². The summed E-state index contributed by atoms with van der Waals surface area (Å²) in [5, 5.41) is 3.99. The van der Waals surface area contributed by atoms with E-state index in [0.29, 0.717) is 24.5 Å². The minimum atomic E-state index is -0.112. The van der Waals surface area contributed by atoms with Crippen molar-refractivity contribution in [2.75, 3.05) is 0 Å². The van der Waals surface area contributed by atoms with Crippen LogP contribution in [0.3, 0.4) is 0 Å². The Morgan fingerprint density at radius 2 is 1.90 bits per heavy atom. The van der Waals surface area contributed by atoms with Gasteiger partial charge in [-0.1, -0.05) is 50.6 Å². The quantitative estimate of drug-likeness (QED) is 0.0914. The number of unbranched alkanes of at least 4 members (excludes halogenated alkanes) is 5. The van der Waals surface area contributed by atoms with Gasteiger partial charge in [-0.05, 0) is 63.8 Å². The van der Waals surface area contributed by atoms with Crippen molar-refractivity contribution >= 4 is 11.8 Å². The van der Waals surface area contributed by atoms with Crippen LogP contribution in [0.5, 0.6) is 0 Å². The van der Waals surface area contributed by atoms with Gasteiger partial charge in [0.05, 0.1) is 6.10 Å². The molecule has 3 atom stereocenters. The van der Waals surface area contributed by atoms with Crippen molar-refractivity contribution in [3.05, 3.63) is 10.4 Å². The predicted molar refractivity (Wildman–Crippen MR) is 116 cm³/mol. The second-order valence-electron chi connectivity index (χ2n) is 8.79. The van der Waals surface area contributed by atoms with Gasteiger partial charge in [0.2, 0.25) is 0 Å². The van der Waals surface area contributed by atoms with E-state index in [2.05, 4.69) is 16.9 Å². The largest absolute Gasteiger partial charge is 0.463 e. The molecule has 1 rings (SSSR count). The van der Waals surface area contributed by atoms with Crippen molar-refractivity contribution in [1.82, 2.24) is 0 Å². The smallest absolute Gasteiger partial charge is 0.306 e. The molecule has 0 aromatic rings. The first kappa shape index (κ1) is 25.5. The lowest BCUT2D eigenvalue weighted by Gasteiger charge is -2.20. The van der Waals surface area contributed by atoms with E-state index in [0.717, 1.165) is 64.2 Å². The maximum Gasteiger partial charge on any atom is 0.306 e. The Morgan fingerprint density at radius 3 is 2.59 bits per heavy atom. The highest BCUT2D eigenvalue weighted by Crippen LogP contribution is 2.36. The zero-order chi connectivity index (χ0) is 21.5. The van der Waals surface area contributed by atoms with Crippen LogP contribution in [-0.4, -0.2) is 23.9 Å². The Kier molecular flexibility index (Phi) is 13.5. The molecule has 6 heteroatoms. The average Bonchev–Trinajstić information content (AvgIpc) is 3.02. The van der Waals surface area contributed by atoms with Crippen molar-refractivity contribution in [1.29, 1.82) is 0 Å². The third-order valence-electron chi connectivity index (χ3n) is 5.98. The molecule has 0 aliphatic heterocycles. The van der Waals surface area contributed by atoms with Crippen molar-refractivity contribution in [2.45, 2.75) is 123 Å². The van der Waals surface area contributed by atoms with Crippen LogP contribution in [0.15, 0.2) is 5.11 Å². The molecule has 6 nitrogen and oxygen atoms in total. The Balaban J connectivity index is 2.28. The summed E-state index contributed by atoms with van der Waals surface area (Å²) >= 11 is 0. The molecular weight excluding hydrogens is 366 g/mol. The summed E-state index contributed by atoms with van der Waals surface area (Å²) < 4.78 is 5.15. The summed E-state index contributed by atoms with van der Waals surface area (Å²) in [6.07, 6.45) is 13.4. The molecule has 1 aliphatic carbocycles. The van der Waals surface area contributed by atoms with E-state index in [4.69, 9.17) is 10.3 Å². The number of carbonyl (C=O) groups excluding carboxylic acids is 2. The fourth-order valence-corrected chi connectivity index (χ4v) is 4.40. The number of hydrogen-bond acceptors (Lipinski definition) is 4. The first-order chi connectivity index (χ1) is 14.0. The second-order valence-corrected chi connectivity index (χ2v) is 8.79. The SMILES string of the molecule is CCCCCC(CC[C@H]1CCC(=O)[C@@H]1CCCCCCC(=O)OC(C)C)N=[N+]=[N-]. The van der Waals surface area contributed by atoms with E-state index in [9.17, 15) is 9.59 Å². The van der Waals surface area contributed by atoms with Gasteiger partial charge in [-0.3, -0.25) is 9.59 Å². The van der Waals surface area contributed by atoms with Crippen LogP contribution >= 0.6 is 0 Å². The van der Waals surface area contributed by atoms with Crippen molar-refractivity contribution in [2.24, 2.45) is 17.0 Å². The van der Waals surface area contributed by atoms with E-state index in [1.807, 2.05) is 13.8 Å². The number of rotatable bonds is 16. The average molecular weight is 408 g/mol. The van der Waals surface area contributed by atoms with Crippen LogP contribution in [0.1, 0.15) is 111 Å². The van der Waals surface area contributed by atoms with E-state index in [-0.39, 0.29) is 24.0 Å². The van der Waals surface area contributed by atoms with Crippen LogP contribution in [0, 0.1) is 11.8 Å². The summed E-state index contributed by atoms with van der Waals surface area (Å²) in [7, 11) is 0. The van der Waals surface area contributed by atoms with Gasteiger partial charge in [-0.2, -0.15) is 0 Å². The summed E-state index contributed by atoms with van der Waals surface area (Å²) in [6, 6.07) is 0.0773. The molecule has 0 aromatic heterocycles. The number of ether oxygens (including phenoxy) is 1. The zero-order valence-electron chi connectivity index (χ0n) is 18.8. The van der Waals surface area contributed by atoms with Crippen LogP contribution in [0.2, 0.25) is 0 Å². The maximum absolute atomic E-state index is 12.3. The predicted octanol–water partition coefficient (Wildman–Crippen LogP) is 6.91. The first-order valence-corrected chi connectivity index (χ1v) is 11.7. The minimum Gasteiger partial charge on any atom is -0.463 e. The van der Waals surface area contributed by atoms with Gasteiger partial charge in [-0.25, -0.2) is 0 Å². The molecule has 0 saturated heterocycles. The number of carbonyl (C=O) groups is 2. The standard InChI is InChI=1S/C23H41N3O3/c1-4-5-8-11-20(25-26-24)16-14-19-15-17-22(27)21(19)12-9-6-7-10-13-23(28)29-18(2)3/h18-21H,4-17H2,1-3H3/t19-,20?,21+/m0/s1. The van der Waals surface area contributed by atoms with Gasteiger partial charge in [0.15, 0.2) is 0 Å². The van der Waals surface area contributed by atoms with Gasteiger partial charge < -0.3 is 4.74 Å². The van der Waals surface area contributed by atoms with E-state index in [1.54, 1.807) is 0 Å². The third-order valence-corrected chi connectivity index (χ3v) is 5.98. The van der Waals surface area contributed by atoms with Gasteiger partial charge in [-0.15, -0.1) is 0 Å². The van der Waals surface area contributed by atoms with Crippen molar-refractivity contribution < 1.29 is 14.3 Å². The van der Waals surface area contributed by atoms with Crippen molar-refractivity contribution in [3.63, 3.8) is 0 Å². The van der Waals surface area contributed by atoms with Crippen LogP contribution < -0.4 is 0 Å². The Bertz CT molecular complexity index is 529. The number of esters is 1. The molecule has 0 aromatic carbocycles. The lowest BCUT2D eigenvalue weighted by molar-refractivity contribution is -0.147. The minimum absolute atomic E-state index is 0.0436. The van der Waals surface area contributed by atoms with E-state index < -0.39 is 0 Å². The van der Waals surface area contributed by atoms with Crippen LogP contribution in [-0.2, 0) is 14.3 Å². The summed E-state index contributed by atoms with van der Waals surface area (Å²) in [4.78, 5) is 26.9.